The van der Waals surface area contributed by atoms with Crippen molar-refractivity contribution in [2.75, 3.05) is 12.8 Å². The molecule has 0 saturated carbocycles. The molecule has 2 atom stereocenters. The van der Waals surface area contributed by atoms with Gasteiger partial charge in [-0.25, -0.2) is 0 Å². The summed E-state index contributed by atoms with van der Waals surface area (Å²) in [5.74, 6) is 0.316. The summed E-state index contributed by atoms with van der Waals surface area (Å²) < 4.78 is 17.7. The first-order valence-electron chi connectivity index (χ1n) is 6.88. The zero-order valence-corrected chi connectivity index (χ0v) is 14.0. The molecule has 1 aromatic carbocycles. The molecule has 1 amide bonds. The predicted octanol–water partition coefficient (Wildman–Crippen LogP) is 2.08. The van der Waals surface area contributed by atoms with Gasteiger partial charge in [0.05, 0.1) is 22.8 Å². The second-order valence-corrected chi connectivity index (χ2v) is 7.31. The Kier molecular flexibility index (Phi) is 5.78. The van der Waals surface area contributed by atoms with Crippen molar-refractivity contribution in [3.63, 3.8) is 0 Å². The molecule has 2 unspecified atom stereocenters. The summed E-state index contributed by atoms with van der Waals surface area (Å²) in [5, 5.41) is 2.21. The van der Waals surface area contributed by atoms with Crippen LogP contribution in [0.25, 0.3) is 0 Å². The molecule has 1 aromatic rings. The van der Waals surface area contributed by atoms with Crippen molar-refractivity contribution in [1.82, 2.24) is 5.32 Å². The second kappa shape index (κ2) is 6.93. The first kappa shape index (κ1) is 17.5. The lowest BCUT2D eigenvalue weighted by atomic mass is 10.0. The Morgan fingerprint density at radius 1 is 1.48 bits per heavy atom. The summed E-state index contributed by atoms with van der Waals surface area (Å²) in [6.45, 7) is 7.49. The summed E-state index contributed by atoms with van der Waals surface area (Å²) in [6.07, 6.45) is 0.791. The van der Waals surface area contributed by atoms with Crippen molar-refractivity contribution < 1.29 is 13.7 Å². The molecule has 0 aromatic heterocycles. The first-order valence-corrected chi connectivity index (χ1v) is 8.09. The largest absolute Gasteiger partial charge is 0.497 e. The molecule has 0 aliphatic carbocycles. The molecule has 0 bridgehead atoms. The van der Waals surface area contributed by atoms with Gasteiger partial charge in [-0.3, -0.25) is 9.00 Å². The number of carbonyl (C=O) groups is 1. The van der Waals surface area contributed by atoms with Gasteiger partial charge in [0.2, 0.25) is 5.91 Å². The number of nitrogen functional groups attached to an aromatic ring is 1. The van der Waals surface area contributed by atoms with Gasteiger partial charge in [0.1, 0.15) is 11.0 Å². The molecule has 1 rings (SSSR count). The van der Waals surface area contributed by atoms with Crippen LogP contribution < -0.4 is 15.8 Å². The Labute approximate surface area is 128 Å². The number of nitrogens with one attached hydrogen (secondary N) is 1. The quantitative estimate of drug-likeness (QED) is 0.788. The minimum absolute atomic E-state index is 0.248. The SMILES string of the molecule is CCC(C)(C)NC(=O)C(C)S(=O)c1cc(OC)ccc1N. The van der Waals surface area contributed by atoms with E-state index in [4.69, 9.17) is 10.5 Å². The third kappa shape index (κ3) is 4.46. The normalized spacial score (nSPS) is 14.3. The van der Waals surface area contributed by atoms with Crippen LogP contribution in [0.5, 0.6) is 5.75 Å². The zero-order chi connectivity index (χ0) is 16.2. The molecule has 5 nitrogen and oxygen atoms in total. The van der Waals surface area contributed by atoms with Gasteiger partial charge in [-0.2, -0.15) is 0 Å². The highest BCUT2D eigenvalue weighted by Crippen LogP contribution is 2.25. The van der Waals surface area contributed by atoms with Crippen molar-refractivity contribution >= 4 is 22.4 Å². The number of ether oxygens (including phenoxy) is 1. The van der Waals surface area contributed by atoms with Gasteiger partial charge < -0.3 is 15.8 Å². The number of rotatable bonds is 6. The predicted molar refractivity (Wildman–Crippen MR) is 85.8 cm³/mol. The molecule has 0 saturated heterocycles. The minimum Gasteiger partial charge on any atom is -0.497 e. The van der Waals surface area contributed by atoms with E-state index < -0.39 is 16.0 Å². The van der Waals surface area contributed by atoms with Gasteiger partial charge in [-0.15, -0.1) is 0 Å². The van der Waals surface area contributed by atoms with E-state index in [9.17, 15) is 9.00 Å². The van der Waals surface area contributed by atoms with E-state index in [1.807, 2.05) is 20.8 Å². The number of anilines is 1. The maximum atomic E-state index is 12.6. The Morgan fingerprint density at radius 2 is 2.10 bits per heavy atom. The summed E-state index contributed by atoms with van der Waals surface area (Å²) >= 11 is 0. The van der Waals surface area contributed by atoms with Gasteiger partial charge in [0, 0.05) is 11.2 Å². The average molecular weight is 312 g/mol. The molecule has 0 spiro atoms. The molecule has 0 heterocycles. The summed E-state index contributed by atoms with van der Waals surface area (Å²) in [5.41, 5.74) is 5.92. The van der Waals surface area contributed by atoms with Crippen LogP contribution in [0.4, 0.5) is 5.69 Å². The summed E-state index contributed by atoms with van der Waals surface area (Å²) in [7, 11) is -0.00950. The number of amides is 1. The van der Waals surface area contributed by atoms with Crippen LogP contribution in [0, 0.1) is 0 Å². The van der Waals surface area contributed by atoms with E-state index in [0.717, 1.165) is 6.42 Å². The van der Waals surface area contributed by atoms with Crippen LogP contribution in [-0.2, 0) is 15.6 Å². The van der Waals surface area contributed by atoms with Crippen LogP contribution in [0.2, 0.25) is 0 Å². The molecular weight excluding hydrogens is 288 g/mol. The highest BCUT2D eigenvalue weighted by atomic mass is 32.2. The van der Waals surface area contributed by atoms with Crippen molar-refractivity contribution in [2.45, 2.75) is 49.8 Å². The van der Waals surface area contributed by atoms with Crippen LogP contribution in [0.3, 0.4) is 0 Å². The summed E-state index contributed by atoms with van der Waals surface area (Å²) in [6, 6.07) is 4.94. The van der Waals surface area contributed by atoms with E-state index in [1.165, 1.54) is 7.11 Å². The molecule has 118 valence electrons. The lowest BCUT2D eigenvalue weighted by Crippen LogP contribution is -2.47. The molecule has 6 heteroatoms. The fourth-order valence-corrected chi connectivity index (χ4v) is 2.79. The van der Waals surface area contributed by atoms with Crippen molar-refractivity contribution in [3.05, 3.63) is 18.2 Å². The fraction of sp³-hybridized carbons (Fsp3) is 0.533. The lowest BCUT2D eigenvalue weighted by molar-refractivity contribution is -0.121. The first-order chi connectivity index (χ1) is 9.71. The van der Waals surface area contributed by atoms with Gasteiger partial charge in [0.25, 0.3) is 0 Å². The average Bonchev–Trinajstić information content (AvgIpc) is 2.45. The third-order valence-electron chi connectivity index (χ3n) is 3.47. The number of methoxy groups -OCH3 is 1. The zero-order valence-electron chi connectivity index (χ0n) is 13.2. The summed E-state index contributed by atoms with van der Waals surface area (Å²) in [4.78, 5) is 12.6. The standard InChI is InChI=1S/C15H24N2O3S/c1-6-15(3,4)17-14(18)10(2)21(19)13-9-11(20-5)7-8-12(13)16/h7-10H,6,16H2,1-5H3,(H,17,18). The number of carbonyl (C=O) groups excluding carboxylic acids is 1. The Balaban J connectivity index is 2.95. The number of hydrogen-bond acceptors (Lipinski definition) is 4. The highest BCUT2D eigenvalue weighted by molar-refractivity contribution is 7.86. The smallest absolute Gasteiger partial charge is 0.236 e. The minimum atomic E-state index is -1.54. The van der Waals surface area contributed by atoms with Crippen LogP contribution in [0.1, 0.15) is 34.1 Å². The second-order valence-electron chi connectivity index (χ2n) is 5.57. The maximum Gasteiger partial charge on any atom is 0.236 e. The third-order valence-corrected chi connectivity index (χ3v) is 5.12. The van der Waals surface area contributed by atoms with Crippen molar-refractivity contribution in [1.29, 1.82) is 0 Å². The van der Waals surface area contributed by atoms with Gasteiger partial charge in [-0.1, -0.05) is 6.92 Å². The van der Waals surface area contributed by atoms with E-state index in [-0.39, 0.29) is 11.4 Å². The van der Waals surface area contributed by atoms with E-state index in [0.29, 0.717) is 16.3 Å². The van der Waals surface area contributed by atoms with Crippen LogP contribution in [-0.4, -0.2) is 28.0 Å². The van der Waals surface area contributed by atoms with Gasteiger partial charge in [0.15, 0.2) is 0 Å². The Morgan fingerprint density at radius 3 is 2.62 bits per heavy atom. The van der Waals surface area contributed by atoms with Crippen LogP contribution in [0.15, 0.2) is 23.1 Å². The molecule has 0 fully saturated rings. The Hall–Kier alpha value is -1.56. The van der Waals surface area contributed by atoms with E-state index in [2.05, 4.69) is 5.32 Å². The highest BCUT2D eigenvalue weighted by Gasteiger charge is 2.27. The molecule has 0 radical (unpaired) electrons. The molecule has 21 heavy (non-hydrogen) atoms. The van der Waals surface area contributed by atoms with Gasteiger partial charge in [-0.05, 0) is 45.4 Å². The molecule has 3 N–H and O–H groups in total. The molecular formula is C15H24N2O3S. The topological polar surface area (TPSA) is 81.4 Å². The van der Waals surface area contributed by atoms with Crippen molar-refractivity contribution in [3.8, 4) is 5.75 Å². The van der Waals surface area contributed by atoms with E-state index in [1.54, 1.807) is 25.1 Å². The van der Waals surface area contributed by atoms with E-state index >= 15 is 0 Å². The number of nitrogens with two attached hydrogens (primary N) is 1. The number of hydrogen-bond donors (Lipinski definition) is 2. The molecule has 0 aliphatic heterocycles. The maximum absolute atomic E-state index is 12.6. The van der Waals surface area contributed by atoms with Crippen LogP contribution >= 0.6 is 0 Å². The van der Waals surface area contributed by atoms with Crippen molar-refractivity contribution in [2.24, 2.45) is 0 Å². The molecule has 0 aliphatic rings. The Bertz CT molecular complexity index is 544. The number of benzene rings is 1. The lowest BCUT2D eigenvalue weighted by Gasteiger charge is -2.26. The van der Waals surface area contributed by atoms with Gasteiger partial charge >= 0.3 is 0 Å². The fourth-order valence-electron chi connectivity index (χ4n) is 1.63. The monoisotopic (exact) mass is 312 g/mol.